The largest absolute Gasteiger partial charge is 0.325 e. The third-order valence-electron chi connectivity index (χ3n) is 1.55. The fourth-order valence-electron chi connectivity index (χ4n) is 0.770. The summed E-state index contributed by atoms with van der Waals surface area (Å²) < 4.78 is 24.5. The van der Waals surface area contributed by atoms with Crippen molar-refractivity contribution in [3.8, 4) is 0 Å². The number of hydrogen-bond donors (Lipinski definition) is 2. The lowest BCUT2D eigenvalue weighted by atomic mass is 10.4. The van der Waals surface area contributed by atoms with Gasteiger partial charge < -0.3 is 5.73 Å². The molecule has 0 aliphatic heterocycles. The third-order valence-corrected chi connectivity index (χ3v) is 2.80. The molecule has 1 aromatic heterocycles. The van der Waals surface area contributed by atoms with E-state index in [0.717, 1.165) is 0 Å². The Hall–Kier alpha value is -1.21. The number of rotatable bonds is 4. The maximum atomic E-state index is 11.1. The van der Waals surface area contributed by atoms with Gasteiger partial charge in [-0.05, 0) is 13.0 Å². The summed E-state index contributed by atoms with van der Waals surface area (Å²) in [6, 6.07) is 1.63. The van der Waals surface area contributed by atoms with Gasteiger partial charge in [0.15, 0.2) is 0 Å². The van der Waals surface area contributed by atoms with Gasteiger partial charge in [-0.3, -0.25) is 4.72 Å². The average Bonchev–Trinajstić information content (AvgIpc) is 2.17. The molecule has 0 saturated carbocycles. The Morgan fingerprint density at radius 1 is 1.57 bits per heavy atom. The Morgan fingerprint density at radius 3 is 2.86 bits per heavy atom. The summed E-state index contributed by atoms with van der Waals surface area (Å²) in [4.78, 5) is 7.66. The average molecular weight is 216 g/mol. The summed E-state index contributed by atoms with van der Waals surface area (Å²) in [7, 11) is -3.31. The van der Waals surface area contributed by atoms with Crippen molar-refractivity contribution in [2.45, 2.75) is 13.5 Å². The first-order valence-corrected chi connectivity index (χ1v) is 5.75. The molecule has 7 heteroatoms. The lowest BCUT2D eigenvalue weighted by Gasteiger charge is -2.04. The van der Waals surface area contributed by atoms with Gasteiger partial charge in [0.05, 0.1) is 11.4 Å². The summed E-state index contributed by atoms with van der Waals surface area (Å²) in [6.07, 6.45) is 1.46. The molecular weight excluding hydrogens is 204 g/mol. The van der Waals surface area contributed by atoms with E-state index in [2.05, 4.69) is 14.7 Å². The molecule has 78 valence electrons. The van der Waals surface area contributed by atoms with Crippen LogP contribution in [0.1, 0.15) is 12.6 Å². The normalized spacial score (nSPS) is 11.3. The van der Waals surface area contributed by atoms with Crippen molar-refractivity contribution < 1.29 is 8.42 Å². The number of anilines is 1. The number of nitrogens with two attached hydrogens (primary N) is 1. The van der Waals surface area contributed by atoms with E-state index < -0.39 is 10.0 Å². The van der Waals surface area contributed by atoms with Crippen molar-refractivity contribution in [1.82, 2.24) is 9.97 Å². The van der Waals surface area contributed by atoms with E-state index in [0.29, 0.717) is 5.69 Å². The van der Waals surface area contributed by atoms with Crippen LogP contribution in [0.5, 0.6) is 0 Å². The minimum atomic E-state index is -3.31. The van der Waals surface area contributed by atoms with Crippen LogP contribution in [0.4, 0.5) is 5.95 Å². The van der Waals surface area contributed by atoms with Gasteiger partial charge in [-0.2, -0.15) is 0 Å². The second kappa shape index (κ2) is 4.34. The van der Waals surface area contributed by atoms with Gasteiger partial charge in [-0.1, -0.05) is 0 Å². The highest BCUT2D eigenvalue weighted by Crippen LogP contribution is 2.02. The predicted octanol–water partition coefficient (Wildman–Crippen LogP) is -0.303. The van der Waals surface area contributed by atoms with Crippen LogP contribution in [0.25, 0.3) is 0 Å². The molecule has 0 bridgehead atoms. The minimum absolute atomic E-state index is 0.0107. The highest BCUT2D eigenvalue weighted by Gasteiger charge is 2.08. The van der Waals surface area contributed by atoms with E-state index in [1.807, 2.05) is 0 Å². The zero-order valence-electron chi connectivity index (χ0n) is 7.77. The summed E-state index contributed by atoms with van der Waals surface area (Å²) in [5, 5.41) is 0. The Balaban J connectivity index is 2.87. The Labute approximate surface area is 82.6 Å². The highest BCUT2D eigenvalue weighted by molar-refractivity contribution is 7.92. The lowest BCUT2D eigenvalue weighted by molar-refractivity contribution is 0.602. The van der Waals surface area contributed by atoms with Crippen LogP contribution in [0.2, 0.25) is 0 Å². The molecule has 0 aromatic carbocycles. The van der Waals surface area contributed by atoms with Crippen molar-refractivity contribution in [2.75, 3.05) is 10.5 Å². The maximum absolute atomic E-state index is 11.1. The quantitative estimate of drug-likeness (QED) is 0.719. The summed E-state index contributed by atoms with van der Waals surface area (Å²) in [5.74, 6) is 0.0539. The van der Waals surface area contributed by atoms with Gasteiger partial charge in [0.2, 0.25) is 16.0 Å². The standard InChI is InChI=1S/C7H12N4O2S/c1-2-14(12,13)11-7-9-4-3-6(5-8)10-7/h3-4H,2,5,8H2,1H3,(H,9,10,11). The van der Waals surface area contributed by atoms with Crippen molar-refractivity contribution in [1.29, 1.82) is 0 Å². The zero-order valence-corrected chi connectivity index (χ0v) is 8.58. The topological polar surface area (TPSA) is 98.0 Å². The predicted molar refractivity (Wildman–Crippen MR) is 53.0 cm³/mol. The molecule has 0 amide bonds. The minimum Gasteiger partial charge on any atom is -0.325 e. The zero-order chi connectivity index (χ0) is 10.6. The van der Waals surface area contributed by atoms with E-state index in [1.165, 1.54) is 13.1 Å². The first-order chi connectivity index (χ1) is 6.57. The van der Waals surface area contributed by atoms with E-state index in [1.54, 1.807) is 6.07 Å². The third kappa shape index (κ3) is 2.93. The van der Waals surface area contributed by atoms with Crippen LogP contribution in [0.3, 0.4) is 0 Å². The van der Waals surface area contributed by atoms with Gasteiger partial charge in [0.1, 0.15) is 0 Å². The molecule has 0 atom stereocenters. The van der Waals surface area contributed by atoms with Crippen LogP contribution >= 0.6 is 0 Å². The van der Waals surface area contributed by atoms with Gasteiger partial charge in [0, 0.05) is 12.7 Å². The van der Waals surface area contributed by atoms with E-state index in [-0.39, 0.29) is 18.2 Å². The molecular formula is C7H12N4O2S. The Morgan fingerprint density at radius 2 is 2.29 bits per heavy atom. The SMILES string of the molecule is CCS(=O)(=O)Nc1nccc(CN)n1. The summed E-state index contributed by atoms with van der Waals surface area (Å²) in [5.41, 5.74) is 5.94. The van der Waals surface area contributed by atoms with Crippen LogP contribution in [-0.2, 0) is 16.6 Å². The summed E-state index contributed by atoms with van der Waals surface area (Å²) in [6.45, 7) is 1.79. The Kier molecular flexibility index (Phi) is 3.37. The van der Waals surface area contributed by atoms with Crippen LogP contribution < -0.4 is 10.5 Å². The van der Waals surface area contributed by atoms with Crippen LogP contribution in [-0.4, -0.2) is 24.1 Å². The maximum Gasteiger partial charge on any atom is 0.236 e. The van der Waals surface area contributed by atoms with E-state index in [9.17, 15) is 8.42 Å². The molecule has 0 aliphatic carbocycles. The first kappa shape index (κ1) is 10.9. The molecule has 0 unspecified atom stereocenters. The van der Waals surface area contributed by atoms with Crippen molar-refractivity contribution in [2.24, 2.45) is 5.73 Å². The smallest absolute Gasteiger partial charge is 0.236 e. The molecule has 0 aliphatic rings. The molecule has 1 rings (SSSR count). The van der Waals surface area contributed by atoms with Gasteiger partial charge >= 0.3 is 0 Å². The van der Waals surface area contributed by atoms with Gasteiger partial charge in [0.25, 0.3) is 0 Å². The molecule has 1 heterocycles. The molecule has 6 nitrogen and oxygen atoms in total. The number of sulfonamides is 1. The molecule has 0 saturated heterocycles. The molecule has 0 fully saturated rings. The van der Waals surface area contributed by atoms with Gasteiger partial charge in [-0.15, -0.1) is 0 Å². The lowest BCUT2D eigenvalue weighted by Crippen LogP contribution is -2.17. The van der Waals surface area contributed by atoms with Crippen LogP contribution in [0, 0.1) is 0 Å². The Bertz CT molecular complexity index is 404. The molecule has 0 radical (unpaired) electrons. The fourth-order valence-corrected chi connectivity index (χ4v) is 1.29. The fraction of sp³-hybridized carbons (Fsp3) is 0.429. The van der Waals surface area contributed by atoms with Crippen molar-refractivity contribution >= 4 is 16.0 Å². The van der Waals surface area contributed by atoms with Crippen LogP contribution in [0.15, 0.2) is 12.3 Å². The molecule has 1 aromatic rings. The highest BCUT2D eigenvalue weighted by atomic mass is 32.2. The first-order valence-electron chi connectivity index (χ1n) is 4.10. The molecule has 0 spiro atoms. The number of nitrogens with one attached hydrogen (secondary N) is 1. The molecule has 14 heavy (non-hydrogen) atoms. The van der Waals surface area contributed by atoms with E-state index >= 15 is 0 Å². The second-order valence-electron chi connectivity index (χ2n) is 2.58. The van der Waals surface area contributed by atoms with E-state index in [4.69, 9.17) is 5.73 Å². The number of nitrogens with zero attached hydrogens (tertiary/aromatic N) is 2. The molecule has 3 N–H and O–H groups in total. The summed E-state index contributed by atoms with van der Waals surface area (Å²) >= 11 is 0. The van der Waals surface area contributed by atoms with Crippen molar-refractivity contribution in [3.63, 3.8) is 0 Å². The van der Waals surface area contributed by atoms with Crippen molar-refractivity contribution in [3.05, 3.63) is 18.0 Å². The van der Waals surface area contributed by atoms with Gasteiger partial charge in [-0.25, -0.2) is 18.4 Å². The monoisotopic (exact) mass is 216 g/mol. The number of hydrogen-bond acceptors (Lipinski definition) is 5. The second-order valence-corrected chi connectivity index (χ2v) is 4.59. The number of aromatic nitrogens is 2.